The Morgan fingerprint density at radius 3 is 2.48 bits per heavy atom. The third kappa shape index (κ3) is 2.65. The van der Waals surface area contributed by atoms with Gasteiger partial charge in [0.05, 0.1) is 0 Å². The Morgan fingerprint density at radius 1 is 0.870 bits per heavy atom. The Bertz CT molecular complexity index is 729. The maximum absolute atomic E-state index is 8.78. The first-order chi connectivity index (χ1) is 11.3. The van der Waals surface area contributed by atoms with E-state index in [1.54, 1.807) is 0 Å². The highest BCUT2D eigenvalue weighted by atomic mass is 14.5. The number of hydrogen-bond acceptors (Lipinski definition) is 1. The largest absolute Gasteiger partial charge is 0.304 e. The van der Waals surface area contributed by atoms with Crippen LogP contribution in [-0.2, 0) is 0 Å². The molecule has 0 aromatic heterocycles. The van der Waals surface area contributed by atoms with E-state index in [4.69, 9.17) is 5.41 Å². The third-order valence-electron chi connectivity index (χ3n) is 5.57. The van der Waals surface area contributed by atoms with Crippen LogP contribution in [0.2, 0.25) is 0 Å². The van der Waals surface area contributed by atoms with Crippen LogP contribution in [-0.4, -0.2) is 5.71 Å². The van der Waals surface area contributed by atoms with E-state index in [0.717, 1.165) is 17.7 Å². The van der Waals surface area contributed by atoms with Gasteiger partial charge in [-0.1, -0.05) is 79.6 Å². The fourth-order valence-electron chi connectivity index (χ4n) is 4.43. The molecule has 1 fully saturated rings. The van der Waals surface area contributed by atoms with Gasteiger partial charge in [-0.25, -0.2) is 0 Å². The smallest absolute Gasteiger partial charge is 0.0420 e. The van der Waals surface area contributed by atoms with Crippen molar-refractivity contribution in [2.75, 3.05) is 0 Å². The van der Waals surface area contributed by atoms with Gasteiger partial charge in [-0.2, -0.15) is 0 Å². The molecule has 4 rings (SSSR count). The molecule has 0 bridgehead atoms. The third-order valence-corrected chi connectivity index (χ3v) is 5.57. The van der Waals surface area contributed by atoms with Gasteiger partial charge in [-0.3, -0.25) is 0 Å². The molecule has 3 unspecified atom stereocenters. The molecule has 0 saturated heterocycles. The van der Waals surface area contributed by atoms with E-state index in [9.17, 15) is 0 Å². The van der Waals surface area contributed by atoms with Crippen LogP contribution in [0.5, 0.6) is 0 Å². The topological polar surface area (TPSA) is 23.9 Å². The van der Waals surface area contributed by atoms with Crippen LogP contribution >= 0.6 is 0 Å². The van der Waals surface area contributed by atoms with Gasteiger partial charge in [0.2, 0.25) is 0 Å². The normalized spacial score (nSPS) is 26.0. The highest BCUT2D eigenvalue weighted by molar-refractivity contribution is 6.00. The predicted molar refractivity (Wildman–Crippen MR) is 96.9 cm³/mol. The van der Waals surface area contributed by atoms with Crippen LogP contribution < -0.4 is 0 Å². The molecule has 0 radical (unpaired) electrons. The molecule has 116 valence electrons. The summed E-state index contributed by atoms with van der Waals surface area (Å²) in [6.45, 7) is 0. The Labute approximate surface area is 138 Å². The van der Waals surface area contributed by atoms with Gasteiger partial charge in [0, 0.05) is 17.5 Å². The van der Waals surface area contributed by atoms with Gasteiger partial charge in [0.15, 0.2) is 0 Å². The maximum atomic E-state index is 8.78. The SMILES string of the molecule is N=C(c1ccccc1)C1CCCCC1C1C=Cc2ccccc21. The van der Waals surface area contributed by atoms with Crippen LogP contribution in [0.15, 0.2) is 60.7 Å². The summed E-state index contributed by atoms with van der Waals surface area (Å²) in [5.74, 6) is 1.43. The maximum Gasteiger partial charge on any atom is 0.0420 e. The molecule has 2 aliphatic rings. The van der Waals surface area contributed by atoms with Crippen LogP contribution in [0.1, 0.15) is 48.3 Å². The second-order valence-corrected chi connectivity index (χ2v) is 6.85. The second-order valence-electron chi connectivity index (χ2n) is 6.85. The highest BCUT2D eigenvalue weighted by Gasteiger charge is 2.36. The molecule has 1 N–H and O–H groups in total. The number of nitrogens with one attached hydrogen (secondary N) is 1. The van der Waals surface area contributed by atoms with Crippen LogP contribution in [0, 0.1) is 17.2 Å². The minimum Gasteiger partial charge on any atom is -0.304 e. The van der Waals surface area contributed by atoms with Gasteiger partial charge in [-0.15, -0.1) is 0 Å². The molecule has 2 aromatic carbocycles. The molecule has 1 saturated carbocycles. The van der Waals surface area contributed by atoms with Crippen molar-refractivity contribution in [1.29, 1.82) is 5.41 Å². The zero-order valence-corrected chi connectivity index (χ0v) is 13.4. The number of allylic oxidation sites excluding steroid dienone is 1. The first-order valence-electron chi connectivity index (χ1n) is 8.75. The van der Waals surface area contributed by atoms with E-state index in [0.29, 0.717) is 17.8 Å². The Hall–Kier alpha value is -2.15. The van der Waals surface area contributed by atoms with Gasteiger partial charge >= 0.3 is 0 Å². The van der Waals surface area contributed by atoms with Crippen LogP contribution in [0.3, 0.4) is 0 Å². The molecule has 3 atom stereocenters. The molecule has 0 heterocycles. The highest BCUT2D eigenvalue weighted by Crippen LogP contribution is 2.45. The zero-order chi connectivity index (χ0) is 15.6. The summed E-state index contributed by atoms with van der Waals surface area (Å²) >= 11 is 0. The van der Waals surface area contributed by atoms with Gasteiger partial charge in [0.25, 0.3) is 0 Å². The number of rotatable bonds is 3. The molecule has 2 aromatic rings. The van der Waals surface area contributed by atoms with Crippen molar-refractivity contribution in [3.05, 3.63) is 77.4 Å². The summed E-state index contributed by atoms with van der Waals surface area (Å²) in [6.07, 6.45) is 9.61. The van der Waals surface area contributed by atoms with Gasteiger partial charge < -0.3 is 5.41 Å². The lowest BCUT2D eigenvalue weighted by molar-refractivity contribution is 0.279. The molecule has 0 amide bonds. The first kappa shape index (κ1) is 14.4. The minimum atomic E-state index is 0.381. The second kappa shape index (κ2) is 6.16. The summed E-state index contributed by atoms with van der Waals surface area (Å²) in [5.41, 5.74) is 4.77. The Balaban J connectivity index is 1.65. The zero-order valence-electron chi connectivity index (χ0n) is 13.4. The van der Waals surface area contributed by atoms with Gasteiger partial charge in [0.1, 0.15) is 0 Å². The summed E-state index contributed by atoms with van der Waals surface area (Å²) in [4.78, 5) is 0. The molecule has 0 spiro atoms. The first-order valence-corrected chi connectivity index (χ1v) is 8.75. The number of fused-ring (bicyclic) bond motifs is 1. The molecule has 1 nitrogen and oxygen atoms in total. The standard InChI is InChI=1S/C22H23N/c23-22(17-9-2-1-3-10-17)21-13-7-6-12-19(21)20-15-14-16-8-4-5-11-18(16)20/h1-5,8-11,14-15,19-21,23H,6-7,12-13H2. The molecular weight excluding hydrogens is 278 g/mol. The van der Waals surface area contributed by atoms with Crippen molar-refractivity contribution in [2.24, 2.45) is 11.8 Å². The molecule has 1 heteroatoms. The van der Waals surface area contributed by atoms with Crippen molar-refractivity contribution in [3.63, 3.8) is 0 Å². The van der Waals surface area contributed by atoms with E-state index < -0.39 is 0 Å². The lowest BCUT2D eigenvalue weighted by atomic mass is 9.68. The lowest BCUT2D eigenvalue weighted by Crippen LogP contribution is -2.30. The number of benzene rings is 2. The monoisotopic (exact) mass is 301 g/mol. The predicted octanol–water partition coefficient (Wildman–Crippen LogP) is 5.67. The molecular formula is C22H23N. The average molecular weight is 301 g/mol. The molecule has 0 aliphatic heterocycles. The van der Waals surface area contributed by atoms with E-state index in [1.165, 1.54) is 30.4 Å². The van der Waals surface area contributed by atoms with Crippen LogP contribution in [0.4, 0.5) is 0 Å². The Kier molecular flexibility index (Phi) is 3.87. The van der Waals surface area contributed by atoms with Crippen LogP contribution in [0.25, 0.3) is 6.08 Å². The summed E-state index contributed by atoms with van der Waals surface area (Å²) in [6, 6.07) is 19.1. The summed E-state index contributed by atoms with van der Waals surface area (Å²) < 4.78 is 0. The van der Waals surface area contributed by atoms with E-state index in [1.807, 2.05) is 18.2 Å². The lowest BCUT2D eigenvalue weighted by Gasteiger charge is -2.36. The quantitative estimate of drug-likeness (QED) is 0.706. The summed E-state index contributed by atoms with van der Waals surface area (Å²) in [5, 5.41) is 8.78. The fourth-order valence-corrected chi connectivity index (χ4v) is 4.43. The van der Waals surface area contributed by atoms with E-state index in [-0.39, 0.29) is 0 Å². The minimum absolute atomic E-state index is 0.381. The van der Waals surface area contributed by atoms with Crippen molar-refractivity contribution in [2.45, 2.75) is 31.6 Å². The van der Waals surface area contributed by atoms with E-state index in [2.05, 4.69) is 48.6 Å². The average Bonchev–Trinajstić information content (AvgIpc) is 3.06. The molecule has 23 heavy (non-hydrogen) atoms. The summed E-state index contributed by atoms with van der Waals surface area (Å²) in [7, 11) is 0. The van der Waals surface area contributed by atoms with Crippen molar-refractivity contribution in [3.8, 4) is 0 Å². The van der Waals surface area contributed by atoms with E-state index >= 15 is 0 Å². The fraction of sp³-hybridized carbons (Fsp3) is 0.318. The number of hydrogen-bond donors (Lipinski definition) is 1. The van der Waals surface area contributed by atoms with Crippen molar-refractivity contribution >= 4 is 11.8 Å². The van der Waals surface area contributed by atoms with Gasteiger partial charge in [-0.05, 0) is 35.4 Å². The van der Waals surface area contributed by atoms with Crippen molar-refractivity contribution in [1.82, 2.24) is 0 Å². The Morgan fingerprint density at radius 2 is 1.61 bits per heavy atom. The molecule has 2 aliphatic carbocycles. The van der Waals surface area contributed by atoms with Crippen molar-refractivity contribution < 1.29 is 0 Å².